The number of nitrogens with one attached hydrogen (secondary N) is 1. The summed E-state index contributed by atoms with van der Waals surface area (Å²) in [6.07, 6.45) is 0. The van der Waals surface area contributed by atoms with E-state index in [1.165, 1.54) is 0 Å². The molecule has 0 saturated heterocycles. The summed E-state index contributed by atoms with van der Waals surface area (Å²) in [5, 5.41) is 17.0. The van der Waals surface area contributed by atoms with E-state index < -0.39 is 5.97 Å². The van der Waals surface area contributed by atoms with Crippen molar-refractivity contribution in [2.24, 2.45) is 0 Å². The van der Waals surface area contributed by atoms with E-state index in [1.54, 1.807) is 18.2 Å². The van der Waals surface area contributed by atoms with Crippen molar-refractivity contribution >= 4 is 16.9 Å². The van der Waals surface area contributed by atoms with Gasteiger partial charge in [0.2, 0.25) is 0 Å². The lowest BCUT2D eigenvalue weighted by atomic mass is 9.89. The van der Waals surface area contributed by atoms with Gasteiger partial charge < -0.3 is 5.11 Å². The fourth-order valence-electron chi connectivity index (χ4n) is 1.71. The molecule has 4 heteroatoms. The van der Waals surface area contributed by atoms with Crippen molar-refractivity contribution in [1.29, 1.82) is 0 Å². The third-order valence-corrected chi connectivity index (χ3v) is 2.55. The molecule has 1 heterocycles. The average molecular weight is 218 g/mol. The Morgan fingerprint density at radius 2 is 2.06 bits per heavy atom. The Morgan fingerprint density at radius 1 is 1.38 bits per heavy atom. The summed E-state index contributed by atoms with van der Waals surface area (Å²) in [6, 6.07) is 4.96. The first kappa shape index (κ1) is 10.7. The molecule has 0 spiro atoms. The van der Waals surface area contributed by atoms with Gasteiger partial charge in [-0.1, -0.05) is 20.8 Å². The number of rotatable bonds is 1. The monoisotopic (exact) mass is 218 g/mol. The van der Waals surface area contributed by atoms with Gasteiger partial charge in [-0.15, -0.1) is 0 Å². The number of H-pyrrole nitrogens is 1. The second kappa shape index (κ2) is 3.33. The minimum absolute atomic E-state index is 0.0775. The van der Waals surface area contributed by atoms with E-state index >= 15 is 0 Å². The number of aromatic nitrogens is 2. The summed E-state index contributed by atoms with van der Waals surface area (Å²) < 4.78 is 0. The third-order valence-electron chi connectivity index (χ3n) is 2.55. The maximum Gasteiger partial charge on any atom is 0.335 e. The zero-order valence-electron chi connectivity index (χ0n) is 9.53. The third kappa shape index (κ3) is 1.66. The summed E-state index contributed by atoms with van der Waals surface area (Å²) in [4.78, 5) is 10.9. The van der Waals surface area contributed by atoms with Crippen LogP contribution in [-0.4, -0.2) is 21.3 Å². The van der Waals surface area contributed by atoms with Crippen LogP contribution in [0.4, 0.5) is 0 Å². The SMILES string of the molecule is CC(C)(C)c1[nH]nc2ccc(C(=O)O)cc12. The van der Waals surface area contributed by atoms with Crippen LogP contribution in [-0.2, 0) is 5.41 Å². The molecule has 2 rings (SSSR count). The molecule has 0 aliphatic heterocycles. The van der Waals surface area contributed by atoms with Gasteiger partial charge in [-0.3, -0.25) is 5.10 Å². The highest BCUT2D eigenvalue weighted by molar-refractivity contribution is 5.94. The molecule has 0 atom stereocenters. The van der Waals surface area contributed by atoms with Gasteiger partial charge in [-0.05, 0) is 18.2 Å². The highest BCUT2D eigenvalue weighted by atomic mass is 16.4. The Labute approximate surface area is 93.3 Å². The number of fused-ring (bicyclic) bond motifs is 1. The summed E-state index contributed by atoms with van der Waals surface area (Å²) >= 11 is 0. The normalized spacial score (nSPS) is 11.9. The van der Waals surface area contributed by atoms with Crippen LogP contribution < -0.4 is 0 Å². The van der Waals surface area contributed by atoms with Crippen LogP contribution in [0.15, 0.2) is 18.2 Å². The van der Waals surface area contributed by atoms with Crippen LogP contribution >= 0.6 is 0 Å². The molecule has 0 radical (unpaired) electrons. The molecule has 4 nitrogen and oxygen atoms in total. The first-order valence-corrected chi connectivity index (χ1v) is 5.11. The van der Waals surface area contributed by atoms with Gasteiger partial charge in [0.25, 0.3) is 0 Å². The van der Waals surface area contributed by atoms with E-state index in [4.69, 9.17) is 5.11 Å². The first-order chi connectivity index (χ1) is 7.39. The molecule has 0 unspecified atom stereocenters. The molecule has 84 valence electrons. The first-order valence-electron chi connectivity index (χ1n) is 5.11. The fraction of sp³-hybridized carbons (Fsp3) is 0.333. The lowest BCUT2D eigenvalue weighted by molar-refractivity contribution is 0.0697. The summed E-state index contributed by atoms with van der Waals surface area (Å²) in [6.45, 7) is 6.19. The Kier molecular flexibility index (Phi) is 2.22. The molecular formula is C12H14N2O2. The zero-order valence-corrected chi connectivity index (χ0v) is 9.53. The van der Waals surface area contributed by atoms with Crippen molar-refractivity contribution in [2.45, 2.75) is 26.2 Å². The lowest BCUT2D eigenvalue weighted by Crippen LogP contribution is -2.12. The predicted octanol–water partition coefficient (Wildman–Crippen LogP) is 2.56. The number of hydrogen-bond acceptors (Lipinski definition) is 2. The van der Waals surface area contributed by atoms with Gasteiger partial charge >= 0.3 is 5.97 Å². The average Bonchev–Trinajstić information content (AvgIpc) is 2.58. The lowest BCUT2D eigenvalue weighted by Gasteiger charge is -2.16. The van der Waals surface area contributed by atoms with Gasteiger partial charge in [-0.2, -0.15) is 5.10 Å². The van der Waals surface area contributed by atoms with Crippen molar-refractivity contribution in [2.75, 3.05) is 0 Å². The second-order valence-electron chi connectivity index (χ2n) is 4.89. The van der Waals surface area contributed by atoms with Crippen LogP contribution in [0.2, 0.25) is 0 Å². The van der Waals surface area contributed by atoms with Crippen molar-refractivity contribution in [3.05, 3.63) is 29.5 Å². The smallest absolute Gasteiger partial charge is 0.335 e. The van der Waals surface area contributed by atoms with Crippen LogP contribution in [0, 0.1) is 0 Å². The molecule has 1 aromatic carbocycles. The number of carbonyl (C=O) groups is 1. The fourth-order valence-corrected chi connectivity index (χ4v) is 1.71. The van der Waals surface area contributed by atoms with Crippen LogP contribution in [0.5, 0.6) is 0 Å². The maximum atomic E-state index is 10.9. The van der Waals surface area contributed by atoms with Crippen molar-refractivity contribution in [3.63, 3.8) is 0 Å². The molecule has 1 aromatic heterocycles. The van der Waals surface area contributed by atoms with E-state index in [-0.39, 0.29) is 5.41 Å². The molecule has 16 heavy (non-hydrogen) atoms. The van der Waals surface area contributed by atoms with Crippen molar-refractivity contribution in [1.82, 2.24) is 10.2 Å². The van der Waals surface area contributed by atoms with Crippen molar-refractivity contribution < 1.29 is 9.90 Å². The van der Waals surface area contributed by atoms with E-state index in [9.17, 15) is 4.79 Å². The molecule has 0 aliphatic rings. The topological polar surface area (TPSA) is 66.0 Å². The molecule has 0 fully saturated rings. The number of hydrogen-bond donors (Lipinski definition) is 2. The van der Waals surface area contributed by atoms with E-state index in [1.807, 2.05) is 0 Å². The van der Waals surface area contributed by atoms with Crippen LogP contribution in [0.3, 0.4) is 0 Å². The van der Waals surface area contributed by atoms with Gasteiger partial charge in [0.1, 0.15) is 0 Å². The molecule has 2 aromatic rings. The largest absolute Gasteiger partial charge is 0.478 e. The second-order valence-corrected chi connectivity index (χ2v) is 4.89. The van der Waals surface area contributed by atoms with E-state index in [2.05, 4.69) is 31.0 Å². The number of nitrogens with zero attached hydrogens (tertiary/aromatic N) is 1. The van der Waals surface area contributed by atoms with E-state index in [0.29, 0.717) is 5.56 Å². The molecule has 0 saturated carbocycles. The van der Waals surface area contributed by atoms with Crippen LogP contribution in [0.1, 0.15) is 36.8 Å². The number of benzene rings is 1. The minimum Gasteiger partial charge on any atom is -0.478 e. The highest BCUT2D eigenvalue weighted by Gasteiger charge is 2.20. The molecule has 2 N–H and O–H groups in total. The Hall–Kier alpha value is -1.84. The molecule has 0 aliphatic carbocycles. The quantitative estimate of drug-likeness (QED) is 0.773. The van der Waals surface area contributed by atoms with Gasteiger partial charge in [-0.25, -0.2) is 4.79 Å². The van der Waals surface area contributed by atoms with Gasteiger partial charge in [0.05, 0.1) is 11.1 Å². The summed E-state index contributed by atoms with van der Waals surface area (Å²) in [7, 11) is 0. The number of aromatic amines is 1. The van der Waals surface area contributed by atoms with Crippen LogP contribution in [0.25, 0.3) is 10.9 Å². The predicted molar refractivity (Wildman–Crippen MR) is 61.8 cm³/mol. The number of carboxylic acids is 1. The Morgan fingerprint density at radius 3 is 2.62 bits per heavy atom. The molecule has 0 bridgehead atoms. The molecular weight excluding hydrogens is 204 g/mol. The standard InChI is InChI=1S/C12H14N2O2/c1-12(2,3)10-8-6-7(11(15)16)4-5-9(8)13-14-10/h4-6H,1-3H3,(H,13,14)(H,15,16). The summed E-state index contributed by atoms with van der Waals surface area (Å²) in [5.74, 6) is -0.914. The maximum absolute atomic E-state index is 10.9. The van der Waals surface area contributed by atoms with Gasteiger partial charge in [0.15, 0.2) is 0 Å². The Bertz CT molecular complexity index is 550. The van der Waals surface area contributed by atoms with E-state index in [0.717, 1.165) is 16.6 Å². The molecule has 0 amide bonds. The summed E-state index contributed by atoms with van der Waals surface area (Å²) in [5.41, 5.74) is 1.98. The van der Waals surface area contributed by atoms with Gasteiger partial charge in [0, 0.05) is 16.5 Å². The highest BCUT2D eigenvalue weighted by Crippen LogP contribution is 2.28. The number of aromatic carboxylic acids is 1. The zero-order chi connectivity index (χ0) is 11.9. The number of carboxylic acid groups (broad SMARTS) is 1. The minimum atomic E-state index is -0.914. The van der Waals surface area contributed by atoms with Crippen molar-refractivity contribution in [3.8, 4) is 0 Å². The Balaban J connectivity index is 2.70.